The molecule has 1 fully saturated rings. The minimum atomic E-state index is -0.00932. The van der Waals surface area contributed by atoms with E-state index in [0.29, 0.717) is 11.7 Å². The van der Waals surface area contributed by atoms with Crippen molar-refractivity contribution in [3.05, 3.63) is 35.7 Å². The van der Waals surface area contributed by atoms with Crippen molar-refractivity contribution in [3.63, 3.8) is 0 Å². The third kappa shape index (κ3) is 4.84. The molecule has 1 aliphatic carbocycles. The second kappa shape index (κ2) is 8.52. The van der Waals surface area contributed by atoms with Crippen LogP contribution in [0.3, 0.4) is 0 Å². The second-order valence-corrected chi connectivity index (χ2v) is 7.44. The highest BCUT2D eigenvalue weighted by Crippen LogP contribution is 2.39. The molecule has 25 heavy (non-hydrogen) atoms. The number of rotatable bonds is 9. The summed E-state index contributed by atoms with van der Waals surface area (Å²) in [5.74, 6) is 1.99. The molecule has 1 amide bonds. The molecular formula is C19H26N4OS. The molecule has 0 spiro atoms. The Morgan fingerprint density at radius 3 is 2.64 bits per heavy atom. The van der Waals surface area contributed by atoms with Crippen LogP contribution in [0.5, 0.6) is 0 Å². The van der Waals surface area contributed by atoms with Crippen LogP contribution in [0, 0.1) is 0 Å². The van der Waals surface area contributed by atoms with Gasteiger partial charge in [-0.2, -0.15) is 0 Å². The lowest BCUT2D eigenvalue weighted by Gasteiger charge is -2.08. The fourth-order valence-electron chi connectivity index (χ4n) is 2.81. The molecule has 0 radical (unpaired) electrons. The Kier molecular flexibility index (Phi) is 6.13. The van der Waals surface area contributed by atoms with E-state index in [1.807, 2.05) is 12.1 Å². The highest BCUT2D eigenvalue weighted by molar-refractivity contribution is 7.99. The van der Waals surface area contributed by atoms with Crippen LogP contribution < -0.4 is 5.32 Å². The fourth-order valence-corrected chi connectivity index (χ4v) is 3.62. The first-order valence-electron chi connectivity index (χ1n) is 9.16. The molecule has 0 atom stereocenters. The maximum atomic E-state index is 12.2. The number of carbonyl (C=O) groups excluding carboxylic acids is 1. The molecule has 6 heteroatoms. The van der Waals surface area contributed by atoms with E-state index in [9.17, 15) is 4.79 Å². The lowest BCUT2D eigenvalue weighted by Crippen LogP contribution is -2.14. The van der Waals surface area contributed by atoms with Crippen LogP contribution in [0.2, 0.25) is 0 Å². The van der Waals surface area contributed by atoms with Crippen LogP contribution in [0.15, 0.2) is 29.4 Å². The van der Waals surface area contributed by atoms with Crippen molar-refractivity contribution in [1.82, 2.24) is 14.8 Å². The number of nitrogens with zero attached hydrogens (tertiary/aromatic N) is 3. The van der Waals surface area contributed by atoms with Gasteiger partial charge < -0.3 is 9.88 Å². The minimum Gasteiger partial charge on any atom is -0.325 e. The molecule has 0 bridgehead atoms. The monoisotopic (exact) mass is 358 g/mol. The Bertz CT molecular complexity index is 707. The van der Waals surface area contributed by atoms with E-state index in [2.05, 4.69) is 46.1 Å². The number of unbranched alkanes of at least 4 members (excludes halogenated alkanes) is 1. The number of anilines is 1. The average molecular weight is 359 g/mol. The van der Waals surface area contributed by atoms with Gasteiger partial charge in [-0.3, -0.25) is 4.79 Å². The number of hydrogen-bond acceptors (Lipinski definition) is 4. The molecule has 0 aliphatic heterocycles. The van der Waals surface area contributed by atoms with Crippen LogP contribution in [-0.2, 0) is 17.8 Å². The van der Waals surface area contributed by atoms with Crippen LogP contribution in [0.25, 0.3) is 0 Å². The van der Waals surface area contributed by atoms with Crippen LogP contribution >= 0.6 is 11.8 Å². The van der Waals surface area contributed by atoms with E-state index in [-0.39, 0.29) is 5.91 Å². The third-order valence-corrected chi connectivity index (χ3v) is 5.36. The van der Waals surface area contributed by atoms with Crippen molar-refractivity contribution >= 4 is 23.4 Å². The Hall–Kier alpha value is -1.82. The molecule has 1 aliphatic rings. The minimum absolute atomic E-state index is 0.00932. The molecule has 1 heterocycles. The van der Waals surface area contributed by atoms with Crippen LogP contribution in [-0.4, -0.2) is 26.4 Å². The Morgan fingerprint density at radius 2 is 2.00 bits per heavy atom. The van der Waals surface area contributed by atoms with Gasteiger partial charge in [0.05, 0.1) is 5.75 Å². The summed E-state index contributed by atoms with van der Waals surface area (Å²) in [6.07, 6.45) is 5.90. The van der Waals surface area contributed by atoms with Gasteiger partial charge in [0.25, 0.3) is 0 Å². The fraction of sp³-hybridized carbons (Fsp3) is 0.526. The summed E-state index contributed by atoms with van der Waals surface area (Å²) in [5.41, 5.74) is 2.17. The summed E-state index contributed by atoms with van der Waals surface area (Å²) in [6, 6.07) is 8.14. The number of thioether (sulfide) groups is 1. The van der Waals surface area contributed by atoms with Gasteiger partial charge in [0.15, 0.2) is 5.16 Å². The van der Waals surface area contributed by atoms with Gasteiger partial charge in [0, 0.05) is 18.2 Å². The largest absolute Gasteiger partial charge is 0.325 e. The number of hydrogen-bond donors (Lipinski definition) is 1. The molecule has 0 unspecified atom stereocenters. The van der Waals surface area contributed by atoms with Gasteiger partial charge >= 0.3 is 0 Å². The van der Waals surface area contributed by atoms with Crippen LogP contribution in [0.1, 0.15) is 56.8 Å². The molecule has 5 nitrogen and oxygen atoms in total. The summed E-state index contributed by atoms with van der Waals surface area (Å²) in [5, 5.41) is 12.4. The molecule has 1 saturated carbocycles. The lowest BCUT2D eigenvalue weighted by atomic mass is 10.1. The van der Waals surface area contributed by atoms with E-state index in [0.717, 1.165) is 29.6 Å². The number of carbonyl (C=O) groups is 1. The maximum Gasteiger partial charge on any atom is 0.234 e. The summed E-state index contributed by atoms with van der Waals surface area (Å²) in [6.45, 7) is 5.14. The highest BCUT2D eigenvalue weighted by Gasteiger charge is 2.30. The first kappa shape index (κ1) is 18.0. The molecule has 3 rings (SSSR count). The smallest absolute Gasteiger partial charge is 0.234 e. The predicted molar refractivity (Wildman–Crippen MR) is 102 cm³/mol. The van der Waals surface area contributed by atoms with Gasteiger partial charge in [-0.25, -0.2) is 0 Å². The summed E-state index contributed by atoms with van der Waals surface area (Å²) >= 11 is 1.46. The zero-order chi connectivity index (χ0) is 17.6. The van der Waals surface area contributed by atoms with Gasteiger partial charge in [0.2, 0.25) is 5.91 Å². The van der Waals surface area contributed by atoms with E-state index in [4.69, 9.17) is 0 Å². The zero-order valence-corrected chi connectivity index (χ0v) is 15.8. The second-order valence-electron chi connectivity index (χ2n) is 6.50. The number of nitrogens with one attached hydrogen (secondary N) is 1. The normalized spacial score (nSPS) is 13.8. The van der Waals surface area contributed by atoms with Crippen molar-refractivity contribution in [2.45, 2.75) is 63.6 Å². The predicted octanol–water partition coefficient (Wildman–Crippen LogP) is 4.25. The van der Waals surface area contributed by atoms with Gasteiger partial charge in [-0.1, -0.05) is 37.2 Å². The van der Waals surface area contributed by atoms with E-state index in [1.165, 1.54) is 43.0 Å². The van der Waals surface area contributed by atoms with E-state index >= 15 is 0 Å². The van der Waals surface area contributed by atoms with Gasteiger partial charge in [-0.15, -0.1) is 10.2 Å². The molecule has 0 saturated heterocycles. The van der Waals surface area contributed by atoms with E-state index in [1.54, 1.807) is 0 Å². The average Bonchev–Trinajstić information content (AvgIpc) is 3.39. The molecular weight excluding hydrogens is 332 g/mol. The lowest BCUT2D eigenvalue weighted by molar-refractivity contribution is -0.113. The Labute approximate surface area is 153 Å². The first-order chi connectivity index (χ1) is 12.2. The SMILES string of the molecule is CCCCc1ccc(NC(=O)CSc2nnc(C3CC3)n2CC)cc1. The zero-order valence-electron chi connectivity index (χ0n) is 15.0. The maximum absolute atomic E-state index is 12.2. The standard InChI is InChI=1S/C19H26N4OS/c1-3-5-6-14-7-11-16(12-8-14)20-17(24)13-25-19-22-21-18(15-9-10-15)23(19)4-2/h7-8,11-12,15H,3-6,9-10,13H2,1-2H3,(H,20,24). The molecule has 2 aromatic rings. The summed E-state index contributed by atoms with van der Waals surface area (Å²) in [7, 11) is 0. The highest BCUT2D eigenvalue weighted by atomic mass is 32.2. The number of amides is 1. The number of aryl methyl sites for hydroxylation is 1. The summed E-state index contributed by atoms with van der Waals surface area (Å²) in [4.78, 5) is 12.2. The molecule has 1 aromatic heterocycles. The number of aromatic nitrogens is 3. The molecule has 1 aromatic carbocycles. The van der Waals surface area contributed by atoms with Crippen molar-refractivity contribution in [1.29, 1.82) is 0 Å². The first-order valence-corrected chi connectivity index (χ1v) is 10.1. The van der Waals surface area contributed by atoms with Gasteiger partial charge in [0.1, 0.15) is 5.82 Å². The van der Waals surface area contributed by atoms with Crippen LogP contribution in [0.4, 0.5) is 5.69 Å². The van der Waals surface area contributed by atoms with Crippen molar-refractivity contribution in [2.75, 3.05) is 11.1 Å². The molecule has 134 valence electrons. The number of benzene rings is 1. The Morgan fingerprint density at radius 1 is 1.24 bits per heavy atom. The topological polar surface area (TPSA) is 59.8 Å². The van der Waals surface area contributed by atoms with Gasteiger partial charge in [-0.05, 0) is 50.3 Å². The molecule has 1 N–H and O–H groups in total. The summed E-state index contributed by atoms with van der Waals surface area (Å²) < 4.78 is 2.14. The van der Waals surface area contributed by atoms with E-state index < -0.39 is 0 Å². The third-order valence-electron chi connectivity index (χ3n) is 4.39. The quantitative estimate of drug-likeness (QED) is 0.681. The van der Waals surface area contributed by atoms with Crippen molar-refractivity contribution < 1.29 is 4.79 Å². The van der Waals surface area contributed by atoms with Crippen molar-refractivity contribution in [2.24, 2.45) is 0 Å². The van der Waals surface area contributed by atoms with Crippen molar-refractivity contribution in [3.8, 4) is 0 Å². The Balaban J connectivity index is 1.51.